The lowest BCUT2D eigenvalue weighted by atomic mass is 10.1. The fraction of sp³-hybridized carbons (Fsp3) is 0.0556. The van der Waals surface area contributed by atoms with E-state index >= 15 is 0 Å². The number of aromatic carboxylic acids is 1. The van der Waals surface area contributed by atoms with E-state index in [0.717, 1.165) is 11.3 Å². The highest BCUT2D eigenvalue weighted by molar-refractivity contribution is 5.99. The van der Waals surface area contributed by atoms with E-state index in [1.165, 1.54) is 12.3 Å². The molecule has 1 heterocycles. The number of para-hydroxylation sites is 1. The van der Waals surface area contributed by atoms with E-state index in [9.17, 15) is 15.2 Å². The van der Waals surface area contributed by atoms with Crippen molar-refractivity contribution in [2.24, 2.45) is 0 Å². The van der Waals surface area contributed by atoms with E-state index in [0.29, 0.717) is 11.4 Å². The summed E-state index contributed by atoms with van der Waals surface area (Å²) in [6.07, 6.45) is 1.39. The molecule has 0 spiro atoms. The molecule has 3 aromatic rings. The molecule has 9 heteroatoms. The maximum Gasteiger partial charge on any atom is 0.337 e. The molecule has 134 valence electrons. The fourth-order valence-corrected chi connectivity index (χ4v) is 2.34. The van der Waals surface area contributed by atoms with Crippen molar-refractivity contribution in [1.82, 2.24) is 20.6 Å². The van der Waals surface area contributed by atoms with Gasteiger partial charge in [-0.1, -0.05) is 23.8 Å². The lowest BCUT2D eigenvalue weighted by molar-refractivity contribution is 0.0698. The van der Waals surface area contributed by atoms with Gasteiger partial charge in [-0.25, -0.2) is 4.79 Å². The Hall–Kier alpha value is -4.19. The van der Waals surface area contributed by atoms with Crippen LogP contribution in [0.5, 0.6) is 0 Å². The van der Waals surface area contributed by atoms with E-state index in [2.05, 4.69) is 31.3 Å². The van der Waals surface area contributed by atoms with E-state index < -0.39 is 5.97 Å². The van der Waals surface area contributed by atoms with Crippen LogP contribution in [0.15, 0.2) is 48.7 Å². The average molecular weight is 361 g/mol. The molecule has 0 saturated heterocycles. The molecule has 27 heavy (non-hydrogen) atoms. The molecule has 0 radical (unpaired) electrons. The van der Waals surface area contributed by atoms with Crippen molar-refractivity contribution < 1.29 is 9.90 Å². The molecule has 9 nitrogen and oxygen atoms in total. The summed E-state index contributed by atoms with van der Waals surface area (Å²) < 4.78 is 0. The van der Waals surface area contributed by atoms with Crippen molar-refractivity contribution >= 4 is 28.6 Å². The molecular weight excluding hydrogens is 346 g/mol. The van der Waals surface area contributed by atoms with E-state index in [4.69, 9.17) is 0 Å². The third kappa shape index (κ3) is 4.08. The maximum atomic E-state index is 11.6. The van der Waals surface area contributed by atoms with Crippen molar-refractivity contribution in [2.75, 3.05) is 10.6 Å². The highest BCUT2D eigenvalue weighted by Gasteiger charge is 2.14. The number of carboxylic acids is 1. The van der Waals surface area contributed by atoms with Crippen molar-refractivity contribution in [3.63, 3.8) is 0 Å². The topological polar surface area (TPSA) is 140 Å². The first-order valence-electron chi connectivity index (χ1n) is 7.89. The van der Waals surface area contributed by atoms with Gasteiger partial charge in [-0.3, -0.25) is 0 Å². The van der Waals surface area contributed by atoms with Crippen LogP contribution in [0.2, 0.25) is 0 Å². The molecule has 0 bridgehead atoms. The minimum absolute atomic E-state index is 0.0899. The minimum Gasteiger partial charge on any atom is -0.478 e. The zero-order chi connectivity index (χ0) is 19.2. The third-order valence-corrected chi connectivity index (χ3v) is 3.69. The molecule has 0 aliphatic rings. The van der Waals surface area contributed by atoms with Crippen LogP contribution in [-0.4, -0.2) is 31.7 Å². The first-order chi connectivity index (χ1) is 13.1. The predicted octanol–water partition coefficient (Wildman–Crippen LogP) is 2.93. The number of carbonyl (C=O) groups is 1. The monoisotopic (exact) mass is 361 g/mol. The summed E-state index contributed by atoms with van der Waals surface area (Å²) in [5.74, 6) is -0.941. The number of anilines is 3. The fourth-order valence-electron chi connectivity index (χ4n) is 2.34. The number of H-pyrrole nitrogens is 1. The number of rotatable bonds is 6. The number of aryl methyl sites for hydroxylation is 1. The molecule has 0 saturated carbocycles. The van der Waals surface area contributed by atoms with Crippen LogP contribution in [0.25, 0.3) is 5.57 Å². The van der Waals surface area contributed by atoms with Gasteiger partial charge in [0.25, 0.3) is 0 Å². The minimum atomic E-state index is -1.07. The number of allylic oxidation sites excluding steroid dienone is 1. The van der Waals surface area contributed by atoms with Crippen molar-refractivity contribution in [3.05, 3.63) is 65.6 Å². The molecule has 0 amide bonds. The largest absolute Gasteiger partial charge is 0.478 e. The highest BCUT2D eigenvalue weighted by Crippen LogP contribution is 2.30. The molecule has 0 unspecified atom stereocenters. The third-order valence-electron chi connectivity index (χ3n) is 3.69. The number of tetrazole rings is 1. The summed E-state index contributed by atoms with van der Waals surface area (Å²) in [6, 6.07) is 14.3. The van der Waals surface area contributed by atoms with E-state index in [1.807, 2.05) is 37.3 Å². The molecule has 0 atom stereocenters. The Kier molecular flexibility index (Phi) is 5.09. The second kappa shape index (κ2) is 7.79. The number of benzene rings is 2. The first kappa shape index (κ1) is 17.6. The van der Waals surface area contributed by atoms with Crippen molar-refractivity contribution in [2.45, 2.75) is 6.92 Å². The number of nitrogens with zero attached hydrogens (tertiary/aromatic N) is 4. The van der Waals surface area contributed by atoms with Gasteiger partial charge in [-0.2, -0.15) is 10.5 Å². The first-order valence-corrected chi connectivity index (χ1v) is 7.89. The van der Waals surface area contributed by atoms with Crippen LogP contribution < -0.4 is 10.6 Å². The molecule has 1 aromatic heterocycles. The zero-order valence-electron chi connectivity index (χ0n) is 14.3. The Balaban J connectivity index is 1.97. The van der Waals surface area contributed by atoms with Gasteiger partial charge in [0, 0.05) is 11.9 Å². The average Bonchev–Trinajstić information content (AvgIpc) is 3.19. The van der Waals surface area contributed by atoms with Crippen molar-refractivity contribution in [3.8, 4) is 6.07 Å². The van der Waals surface area contributed by atoms with Gasteiger partial charge in [0.05, 0.1) is 16.9 Å². The molecule has 0 aliphatic carbocycles. The molecule has 4 N–H and O–H groups in total. The van der Waals surface area contributed by atoms with Crippen LogP contribution >= 0.6 is 0 Å². The number of nitrogens with one attached hydrogen (secondary N) is 3. The number of aromatic amines is 1. The Labute approximate surface area is 154 Å². The molecule has 2 aromatic carbocycles. The Morgan fingerprint density at radius 2 is 2.04 bits per heavy atom. The van der Waals surface area contributed by atoms with E-state index in [-0.39, 0.29) is 17.0 Å². The standard InChI is InChI=1S/C18H15N7O2/c1-11-5-7-13(8-6-11)21-16-14(18(26)27)3-2-4-15(16)20-10-12(9-19)17-22-24-25-23-17/h2-8,10,20-21H,1H3,(H,26,27)(H,22,23,24,25). The Morgan fingerprint density at radius 3 is 2.67 bits per heavy atom. The summed E-state index contributed by atoms with van der Waals surface area (Å²) in [5, 5.41) is 38.1. The Bertz CT molecular complexity index is 1020. The van der Waals surface area contributed by atoms with Gasteiger partial charge in [-0.05, 0) is 36.4 Å². The molecular formula is C18H15N7O2. The zero-order valence-corrected chi connectivity index (χ0v) is 14.3. The molecule has 0 fully saturated rings. The number of nitriles is 1. The summed E-state index contributed by atoms with van der Waals surface area (Å²) in [6.45, 7) is 1.97. The lowest BCUT2D eigenvalue weighted by Gasteiger charge is -2.15. The van der Waals surface area contributed by atoms with Gasteiger partial charge in [0.15, 0.2) is 0 Å². The summed E-state index contributed by atoms with van der Waals surface area (Å²) >= 11 is 0. The number of carboxylic acid groups (broad SMARTS) is 1. The normalized spacial score (nSPS) is 10.9. The van der Waals surface area contributed by atoms with Crippen LogP contribution in [0.3, 0.4) is 0 Å². The van der Waals surface area contributed by atoms with Crippen LogP contribution in [0.4, 0.5) is 17.1 Å². The molecule has 0 aliphatic heterocycles. The number of hydrogen-bond donors (Lipinski definition) is 4. The van der Waals surface area contributed by atoms with Gasteiger partial charge in [0.2, 0.25) is 5.82 Å². The highest BCUT2D eigenvalue weighted by atomic mass is 16.4. The Morgan fingerprint density at radius 1 is 1.26 bits per heavy atom. The van der Waals surface area contributed by atoms with Crippen LogP contribution in [0, 0.1) is 18.3 Å². The number of aromatic nitrogens is 4. The second-order valence-electron chi connectivity index (χ2n) is 5.57. The quantitative estimate of drug-likeness (QED) is 0.491. The summed E-state index contributed by atoms with van der Waals surface area (Å²) in [5.41, 5.74) is 2.91. The van der Waals surface area contributed by atoms with Gasteiger partial charge >= 0.3 is 5.97 Å². The van der Waals surface area contributed by atoms with E-state index in [1.54, 1.807) is 12.1 Å². The summed E-state index contributed by atoms with van der Waals surface area (Å²) in [7, 11) is 0. The lowest BCUT2D eigenvalue weighted by Crippen LogP contribution is -2.06. The predicted molar refractivity (Wildman–Crippen MR) is 99.3 cm³/mol. The maximum absolute atomic E-state index is 11.6. The number of hydrogen-bond acceptors (Lipinski definition) is 7. The van der Waals surface area contributed by atoms with Crippen LogP contribution in [-0.2, 0) is 0 Å². The van der Waals surface area contributed by atoms with Gasteiger partial charge in [-0.15, -0.1) is 10.2 Å². The second-order valence-corrected chi connectivity index (χ2v) is 5.57. The summed E-state index contributed by atoms with van der Waals surface area (Å²) in [4.78, 5) is 11.6. The smallest absolute Gasteiger partial charge is 0.337 e. The van der Waals surface area contributed by atoms with Crippen molar-refractivity contribution in [1.29, 1.82) is 5.26 Å². The van der Waals surface area contributed by atoms with Gasteiger partial charge < -0.3 is 15.7 Å². The SMILES string of the molecule is Cc1ccc(Nc2c(NC=C(C#N)c3nn[nH]n3)cccc2C(=O)O)cc1. The molecule has 3 rings (SSSR count). The van der Waals surface area contributed by atoms with Gasteiger partial charge in [0.1, 0.15) is 11.6 Å². The van der Waals surface area contributed by atoms with Crippen LogP contribution in [0.1, 0.15) is 21.7 Å².